The van der Waals surface area contributed by atoms with Gasteiger partial charge in [0.15, 0.2) is 11.4 Å². The minimum Gasteiger partial charge on any atom is -0.487 e. The first-order chi connectivity index (χ1) is 10.6. The number of pyridine rings is 1. The third-order valence-electron chi connectivity index (χ3n) is 2.81. The van der Waals surface area contributed by atoms with E-state index in [1.54, 1.807) is 6.92 Å². The number of aromatic nitrogens is 1. The summed E-state index contributed by atoms with van der Waals surface area (Å²) in [4.78, 5) is 27.2. The lowest BCUT2D eigenvalue weighted by Crippen LogP contribution is -2.27. The van der Waals surface area contributed by atoms with Crippen molar-refractivity contribution in [3.05, 3.63) is 27.7 Å². The van der Waals surface area contributed by atoms with Gasteiger partial charge in [0, 0.05) is 25.4 Å². The fraction of sp³-hybridized carbons (Fsp3) is 0.600. The molecule has 124 valence electrons. The van der Waals surface area contributed by atoms with Crippen LogP contribution in [0.5, 0.6) is 5.75 Å². The van der Waals surface area contributed by atoms with Crippen LogP contribution in [-0.2, 0) is 16.1 Å². The molecule has 0 aliphatic heterocycles. The molecule has 7 heteroatoms. The topological polar surface area (TPSA) is 89.7 Å². The van der Waals surface area contributed by atoms with E-state index in [9.17, 15) is 9.59 Å². The van der Waals surface area contributed by atoms with Gasteiger partial charge in [0.25, 0.3) is 5.91 Å². The van der Waals surface area contributed by atoms with Gasteiger partial charge >= 0.3 is 0 Å². The molecule has 22 heavy (non-hydrogen) atoms. The number of carbonyl (C=O) groups is 1. The molecule has 1 aromatic rings. The molecule has 0 spiro atoms. The van der Waals surface area contributed by atoms with Crippen LogP contribution in [0.25, 0.3) is 0 Å². The Morgan fingerprint density at radius 3 is 2.77 bits per heavy atom. The van der Waals surface area contributed by atoms with Crippen LogP contribution in [0.15, 0.2) is 10.9 Å². The Morgan fingerprint density at radius 1 is 1.36 bits per heavy atom. The monoisotopic (exact) mass is 312 g/mol. The molecule has 0 saturated carbocycles. The molecule has 0 atom stereocenters. The van der Waals surface area contributed by atoms with Crippen LogP contribution in [0.4, 0.5) is 0 Å². The molecule has 0 aromatic carbocycles. The van der Waals surface area contributed by atoms with E-state index >= 15 is 0 Å². The Kier molecular flexibility index (Phi) is 8.24. The quantitative estimate of drug-likeness (QED) is 0.504. The number of aromatic amines is 1. The van der Waals surface area contributed by atoms with Gasteiger partial charge in [0.05, 0.1) is 13.2 Å². The molecule has 0 fully saturated rings. The smallest absolute Gasteiger partial charge is 0.271 e. The van der Waals surface area contributed by atoms with Crippen molar-refractivity contribution < 1.29 is 19.0 Å². The summed E-state index contributed by atoms with van der Waals surface area (Å²) < 4.78 is 15.5. The number of carbonyl (C=O) groups excluding carboxylic acids is 1. The minimum absolute atomic E-state index is 0.0508. The first kappa shape index (κ1) is 18.2. The number of H-pyrrole nitrogens is 1. The zero-order valence-corrected chi connectivity index (χ0v) is 13.4. The van der Waals surface area contributed by atoms with Gasteiger partial charge in [-0.05, 0) is 13.3 Å². The lowest BCUT2D eigenvalue weighted by atomic mass is 10.2. The van der Waals surface area contributed by atoms with E-state index in [2.05, 4.69) is 10.3 Å². The fourth-order valence-electron chi connectivity index (χ4n) is 1.78. The van der Waals surface area contributed by atoms with Crippen molar-refractivity contribution in [2.24, 2.45) is 0 Å². The Morgan fingerprint density at radius 2 is 2.14 bits per heavy atom. The summed E-state index contributed by atoms with van der Waals surface area (Å²) in [6.45, 7) is 4.93. The second kappa shape index (κ2) is 9.97. The molecule has 7 nitrogen and oxygen atoms in total. The van der Waals surface area contributed by atoms with E-state index in [4.69, 9.17) is 14.2 Å². The van der Waals surface area contributed by atoms with Crippen LogP contribution in [0.3, 0.4) is 0 Å². The molecular formula is C15H24N2O5. The SMILES string of the molecule is CCCCOc1c(C(=O)NCC)[nH]c(COCOC)cc1=O. The van der Waals surface area contributed by atoms with Gasteiger partial charge in [-0.1, -0.05) is 13.3 Å². The molecule has 0 aliphatic rings. The van der Waals surface area contributed by atoms with E-state index in [0.717, 1.165) is 12.8 Å². The summed E-state index contributed by atoms with van der Waals surface area (Å²) in [5, 5.41) is 2.66. The van der Waals surface area contributed by atoms with Gasteiger partial charge < -0.3 is 24.5 Å². The molecule has 0 aliphatic carbocycles. The van der Waals surface area contributed by atoms with Crippen LogP contribution in [0, 0.1) is 0 Å². The molecule has 0 radical (unpaired) electrons. The number of hydrogen-bond acceptors (Lipinski definition) is 5. The molecule has 1 amide bonds. The van der Waals surface area contributed by atoms with Crippen LogP contribution < -0.4 is 15.5 Å². The van der Waals surface area contributed by atoms with Crippen LogP contribution in [0.1, 0.15) is 42.9 Å². The average Bonchev–Trinajstić information content (AvgIpc) is 2.49. The van der Waals surface area contributed by atoms with Gasteiger partial charge in [-0.15, -0.1) is 0 Å². The van der Waals surface area contributed by atoms with Crippen molar-refractivity contribution in [1.82, 2.24) is 10.3 Å². The fourth-order valence-corrected chi connectivity index (χ4v) is 1.78. The highest BCUT2D eigenvalue weighted by Gasteiger charge is 2.17. The zero-order valence-electron chi connectivity index (χ0n) is 13.4. The van der Waals surface area contributed by atoms with Crippen molar-refractivity contribution in [2.75, 3.05) is 27.1 Å². The largest absolute Gasteiger partial charge is 0.487 e. The number of hydrogen-bond donors (Lipinski definition) is 2. The van der Waals surface area contributed by atoms with Gasteiger partial charge in [-0.3, -0.25) is 9.59 Å². The van der Waals surface area contributed by atoms with Crippen molar-refractivity contribution in [2.45, 2.75) is 33.3 Å². The highest BCUT2D eigenvalue weighted by molar-refractivity contribution is 5.94. The van der Waals surface area contributed by atoms with Gasteiger partial charge in [-0.25, -0.2) is 0 Å². The number of rotatable bonds is 10. The lowest BCUT2D eigenvalue weighted by molar-refractivity contribution is -0.0401. The summed E-state index contributed by atoms with van der Waals surface area (Å²) in [7, 11) is 1.51. The van der Waals surface area contributed by atoms with E-state index < -0.39 is 0 Å². The average molecular weight is 312 g/mol. The zero-order chi connectivity index (χ0) is 16.4. The standard InChI is InChI=1S/C15H24N2O5/c1-4-6-7-22-14-12(18)8-11(9-21-10-20-3)17-13(14)15(19)16-5-2/h8H,4-7,9-10H2,1-3H3,(H,16,19)(H,17,18). The second-order valence-corrected chi connectivity index (χ2v) is 4.68. The maximum atomic E-state index is 12.2. The van der Waals surface area contributed by atoms with Crippen LogP contribution in [-0.4, -0.2) is 37.9 Å². The van der Waals surface area contributed by atoms with E-state index in [-0.39, 0.29) is 36.2 Å². The minimum atomic E-state index is -0.375. The summed E-state index contributed by atoms with van der Waals surface area (Å²) in [6.07, 6.45) is 1.75. The van der Waals surface area contributed by atoms with Crippen molar-refractivity contribution in [1.29, 1.82) is 0 Å². The third kappa shape index (κ3) is 5.50. The number of nitrogens with one attached hydrogen (secondary N) is 2. The Bertz CT molecular complexity index is 527. The normalized spacial score (nSPS) is 10.5. The van der Waals surface area contributed by atoms with E-state index in [0.29, 0.717) is 18.8 Å². The molecule has 0 saturated heterocycles. The second-order valence-electron chi connectivity index (χ2n) is 4.68. The van der Waals surface area contributed by atoms with Crippen LogP contribution in [0.2, 0.25) is 0 Å². The molecule has 1 rings (SSSR count). The van der Waals surface area contributed by atoms with Crippen molar-refractivity contribution in [3.8, 4) is 5.75 Å². The summed E-state index contributed by atoms with van der Waals surface area (Å²) in [5.41, 5.74) is 0.278. The maximum absolute atomic E-state index is 12.2. The maximum Gasteiger partial charge on any atom is 0.271 e. The van der Waals surface area contributed by atoms with Crippen molar-refractivity contribution in [3.63, 3.8) is 0 Å². The van der Waals surface area contributed by atoms with E-state index in [1.165, 1.54) is 13.2 Å². The Hall–Kier alpha value is -1.86. The first-order valence-corrected chi connectivity index (χ1v) is 7.37. The summed E-state index contributed by atoms with van der Waals surface area (Å²) in [5.74, 6) is -0.324. The molecule has 2 N–H and O–H groups in total. The highest BCUT2D eigenvalue weighted by Crippen LogP contribution is 2.13. The number of unbranched alkanes of at least 4 members (excludes halogenated alkanes) is 1. The number of methoxy groups -OCH3 is 1. The molecule has 1 aromatic heterocycles. The molecule has 0 bridgehead atoms. The number of ether oxygens (including phenoxy) is 3. The van der Waals surface area contributed by atoms with E-state index in [1.807, 2.05) is 6.92 Å². The summed E-state index contributed by atoms with van der Waals surface area (Å²) >= 11 is 0. The highest BCUT2D eigenvalue weighted by atomic mass is 16.7. The third-order valence-corrected chi connectivity index (χ3v) is 2.81. The molecule has 1 heterocycles. The van der Waals surface area contributed by atoms with Crippen molar-refractivity contribution >= 4 is 5.91 Å². The molecule has 0 unspecified atom stereocenters. The lowest BCUT2D eigenvalue weighted by Gasteiger charge is -2.12. The van der Waals surface area contributed by atoms with Gasteiger partial charge in [-0.2, -0.15) is 0 Å². The molecular weight excluding hydrogens is 288 g/mol. The Labute approximate surface area is 130 Å². The first-order valence-electron chi connectivity index (χ1n) is 7.37. The van der Waals surface area contributed by atoms with Gasteiger partial charge in [0.1, 0.15) is 6.79 Å². The van der Waals surface area contributed by atoms with Gasteiger partial charge in [0.2, 0.25) is 5.43 Å². The Balaban J connectivity index is 3.02. The summed E-state index contributed by atoms with van der Waals surface area (Å²) in [6, 6.07) is 1.37. The predicted molar refractivity (Wildman–Crippen MR) is 82.1 cm³/mol. The number of amides is 1. The van der Waals surface area contributed by atoms with Crippen LogP contribution >= 0.6 is 0 Å². The predicted octanol–water partition coefficient (Wildman–Crippen LogP) is 1.42.